The fourth-order valence-corrected chi connectivity index (χ4v) is 2.40. The van der Waals surface area contributed by atoms with Crippen LogP contribution in [0.4, 0.5) is 10.5 Å². The van der Waals surface area contributed by atoms with E-state index in [1.165, 1.54) is 4.90 Å². The largest absolute Gasteiger partial charge is 0.497 e. The molecule has 0 spiro atoms. The summed E-state index contributed by atoms with van der Waals surface area (Å²) in [6, 6.07) is 10.4. The molecule has 136 valence electrons. The Bertz CT molecular complexity index is 779. The van der Waals surface area contributed by atoms with Gasteiger partial charge in [0.15, 0.2) is 0 Å². The van der Waals surface area contributed by atoms with Crippen molar-refractivity contribution in [2.24, 2.45) is 0 Å². The molecule has 1 fully saturated rings. The zero-order chi connectivity index (χ0) is 18.4. The zero-order valence-corrected chi connectivity index (χ0v) is 14.3. The summed E-state index contributed by atoms with van der Waals surface area (Å²) in [6.45, 7) is 1.17. The number of methoxy groups -OCH3 is 1. The molecule has 0 aliphatic carbocycles. The molecule has 1 aromatic carbocycles. The van der Waals surface area contributed by atoms with Gasteiger partial charge in [-0.3, -0.25) is 4.79 Å². The number of nitrogens with zero attached hydrogens (tertiary/aromatic N) is 2. The van der Waals surface area contributed by atoms with Crippen LogP contribution in [-0.4, -0.2) is 48.7 Å². The lowest BCUT2D eigenvalue weighted by Gasteiger charge is -2.13. The Kier molecular flexibility index (Phi) is 5.52. The minimum atomic E-state index is -0.386. The highest BCUT2D eigenvalue weighted by atomic mass is 16.6. The number of carbonyl (C=O) groups is 2. The van der Waals surface area contributed by atoms with Gasteiger partial charge in [-0.05, 0) is 36.4 Å². The molecule has 8 heteroatoms. The number of anilines is 1. The number of carbonyl (C=O) groups excluding carboxylic acids is 2. The summed E-state index contributed by atoms with van der Waals surface area (Å²) in [5.74, 6) is 1.33. The molecule has 26 heavy (non-hydrogen) atoms. The molecule has 1 aliphatic rings. The van der Waals surface area contributed by atoms with Gasteiger partial charge in [-0.1, -0.05) is 0 Å². The number of pyridine rings is 1. The molecule has 8 nitrogen and oxygen atoms in total. The van der Waals surface area contributed by atoms with Gasteiger partial charge >= 0.3 is 6.09 Å². The highest BCUT2D eigenvalue weighted by Crippen LogP contribution is 2.28. The number of benzene rings is 1. The van der Waals surface area contributed by atoms with Gasteiger partial charge in [0.2, 0.25) is 11.8 Å². The van der Waals surface area contributed by atoms with Crippen LogP contribution in [0.15, 0.2) is 42.6 Å². The van der Waals surface area contributed by atoms with E-state index in [4.69, 9.17) is 14.2 Å². The monoisotopic (exact) mass is 357 g/mol. The second-order valence-corrected chi connectivity index (χ2v) is 5.53. The molecule has 0 atom stereocenters. The quantitative estimate of drug-likeness (QED) is 0.819. The minimum absolute atomic E-state index is 0.159. The topological polar surface area (TPSA) is 90.0 Å². The Hall–Kier alpha value is -3.29. The Morgan fingerprint density at radius 1 is 1.27 bits per heavy atom. The molecule has 0 saturated carbocycles. The Morgan fingerprint density at radius 3 is 2.73 bits per heavy atom. The number of hydrogen-bond acceptors (Lipinski definition) is 6. The van der Waals surface area contributed by atoms with Crippen molar-refractivity contribution >= 4 is 17.7 Å². The normalized spacial score (nSPS) is 13.3. The molecule has 0 bridgehead atoms. The number of hydrogen-bond donors (Lipinski definition) is 1. The summed E-state index contributed by atoms with van der Waals surface area (Å²) < 4.78 is 15.7. The first kappa shape index (κ1) is 17.5. The van der Waals surface area contributed by atoms with Crippen LogP contribution >= 0.6 is 0 Å². The van der Waals surface area contributed by atoms with E-state index in [-0.39, 0.29) is 24.3 Å². The van der Waals surface area contributed by atoms with Crippen LogP contribution in [0, 0.1) is 0 Å². The number of aromatic nitrogens is 1. The summed E-state index contributed by atoms with van der Waals surface area (Å²) in [5, 5.41) is 2.76. The Labute approximate surface area is 150 Å². The van der Waals surface area contributed by atoms with Gasteiger partial charge in [-0.2, -0.15) is 0 Å². The molecule has 0 radical (unpaired) electrons. The van der Waals surface area contributed by atoms with E-state index in [1.807, 2.05) is 0 Å². The number of cyclic esters (lactones) is 1. The second kappa shape index (κ2) is 8.19. The van der Waals surface area contributed by atoms with Crippen molar-refractivity contribution in [2.75, 3.05) is 32.1 Å². The summed E-state index contributed by atoms with van der Waals surface area (Å²) in [6.07, 6.45) is 1.35. The average Bonchev–Trinajstić information content (AvgIpc) is 3.07. The van der Waals surface area contributed by atoms with Crippen LogP contribution in [0.5, 0.6) is 17.4 Å². The van der Waals surface area contributed by atoms with Gasteiger partial charge < -0.3 is 24.4 Å². The van der Waals surface area contributed by atoms with E-state index in [0.717, 1.165) is 0 Å². The first-order chi connectivity index (χ1) is 12.7. The SMILES string of the molecule is COc1ccc(Oc2ncccc2NC(=O)CCN2CCOC2=O)cc1. The van der Waals surface area contributed by atoms with Crippen molar-refractivity contribution in [3.05, 3.63) is 42.6 Å². The number of rotatable bonds is 7. The van der Waals surface area contributed by atoms with Crippen molar-refractivity contribution in [2.45, 2.75) is 6.42 Å². The standard InChI is InChI=1S/C18H19N3O5/c1-24-13-4-6-14(7-5-13)26-17-15(3-2-9-19-17)20-16(22)8-10-21-11-12-25-18(21)23/h2-7,9H,8,10-12H2,1H3,(H,20,22). The number of nitrogens with one attached hydrogen (secondary N) is 1. The van der Waals surface area contributed by atoms with E-state index in [2.05, 4.69) is 10.3 Å². The predicted molar refractivity (Wildman–Crippen MR) is 93.5 cm³/mol. The van der Waals surface area contributed by atoms with Crippen LogP contribution in [-0.2, 0) is 9.53 Å². The lowest BCUT2D eigenvalue weighted by Crippen LogP contribution is -2.28. The van der Waals surface area contributed by atoms with Gasteiger partial charge in [0, 0.05) is 19.2 Å². The third-order valence-electron chi connectivity index (χ3n) is 3.77. The molecular weight excluding hydrogens is 338 g/mol. The minimum Gasteiger partial charge on any atom is -0.497 e. The first-order valence-corrected chi connectivity index (χ1v) is 8.14. The fraction of sp³-hybridized carbons (Fsp3) is 0.278. The van der Waals surface area contributed by atoms with Gasteiger partial charge in [-0.25, -0.2) is 9.78 Å². The van der Waals surface area contributed by atoms with E-state index >= 15 is 0 Å². The van der Waals surface area contributed by atoms with E-state index in [9.17, 15) is 9.59 Å². The molecule has 1 aliphatic heterocycles. The molecular formula is C18H19N3O5. The third-order valence-corrected chi connectivity index (χ3v) is 3.77. The molecule has 2 amide bonds. The maximum absolute atomic E-state index is 12.2. The molecule has 2 heterocycles. The van der Waals surface area contributed by atoms with E-state index in [1.54, 1.807) is 49.7 Å². The number of ether oxygens (including phenoxy) is 3. The predicted octanol–water partition coefficient (Wildman–Crippen LogP) is 2.66. The summed E-state index contributed by atoms with van der Waals surface area (Å²) in [7, 11) is 1.59. The Balaban J connectivity index is 1.60. The van der Waals surface area contributed by atoms with Gasteiger partial charge in [0.25, 0.3) is 0 Å². The highest BCUT2D eigenvalue weighted by Gasteiger charge is 2.22. The average molecular weight is 357 g/mol. The number of amides is 2. The molecule has 3 rings (SSSR count). The van der Waals surface area contributed by atoms with Crippen LogP contribution in [0.25, 0.3) is 0 Å². The van der Waals surface area contributed by atoms with E-state index < -0.39 is 0 Å². The zero-order valence-electron chi connectivity index (χ0n) is 14.3. The maximum Gasteiger partial charge on any atom is 0.409 e. The molecule has 1 saturated heterocycles. The van der Waals surface area contributed by atoms with Crippen LogP contribution in [0.2, 0.25) is 0 Å². The summed E-state index contributed by atoms with van der Waals surface area (Å²) in [5.41, 5.74) is 0.456. The van der Waals surface area contributed by atoms with Gasteiger partial charge in [-0.15, -0.1) is 0 Å². The van der Waals surface area contributed by atoms with Crippen LogP contribution in [0.3, 0.4) is 0 Å². The summed E-state index contributed by atoms with van der Waals surface area (Å²) >= 11 is 0. The maximum atomic E-state index is 12.2. The lowest BCUT2D eigenvalue weighted by atomic mass is 10.3. The van der Waals surface area contributed by atoms with Crippen molar-refractivity contribution in [1.82, 2.24) is 9.88 Å². The van der Waals surface area contributed by atoms with E-state index in [0.29, 0.717) is 36.9 Å². The molecule has 0 unspecified atom stereocenters. The smallest absolute Gasteiger partial charge is 0.409 e. The van der Waals surface area contributed by atoms with Gasteiger partial charge in [0.1, 0.15) is 23.8 Å². The Morgan fingerprint density at radius 2 is 2.04 bits per heavy atom. The van der Waals surface area contributed by atoms with Crippen LogP contribution < -0.4 is 14.8 Å². The fourth-order valence-electron chi connectivity index (χ4n) is 2.40. The van der Waals surface area contributed by atoms with Crippen molar-refractivity contribution < 1.29 is 23.8 Å². The van der Waals surface area contributed by atoms with Crippen molar-refractivity contribution in [1.29, 1.82) is 0 Å². The molecule has 2 aromatic rings. The van der Waals surface area contributed by atoms with Crippen LogP contribution in [0.1, 0.15) is 6.42 Å². The highest BCUT2D eigenvalue weighted by molar-refractivity contribution is 5.92. The van der Waals surface area contributed by atoms with Crippen molar-refractivity contribution in [3.8, 4) is 17.4 Å². The van der Waals surface area contributed by atoms with Crippen molar-refractivity contribution in [3.63, 3.8) is 0 Å². The molecule has 1 N–H and O–H groups in total. The second-order valence-electron chi connectivity index (χ2n) is 5.53. The lowest BCUT2D eigenvalue weighted by molar-refractivity contribution is -0.116. The molecule has 1 aromatic heterocycles. The first-order valence-electron chi connectivity index (χ1n) is 8.14. The third kappa shape index (κ3) is 4.41. The van der Waals surface area contributed by atoms with Gasteiger partial charge in [0.05, 0.1) is 13.7 Å². The summed E-state index contributed by atoms with van der Waals surface area (Å²) in [4.78, 5) is 29.2.